The third-order valence-electron chi connectivity index (χ3n) is 3.95. The van der Waals surface area contributed by atoms with Gasteiger partial charge in [0.15, 0.2) is 0 Å². The molecule has 6 nitrogen and oxygen atoms in total. The minimum Gasteiger partial charge on any atom is -0.497 e. The summed E-state index contributed by atoms with van der Waals surface area (Å²) in [5.74, 6) is 0.493. The van der Waals surface area contributed by atoms with Gasteiger partial charge in [0.1, 0.15) is 5.75 Å². The summed E-state index contributed by atoms with van der Waals surface area (Å²) in [6.45, 7) is 0.527. The smallest absolute Gasteiger partial charge is 0.266 e. The fourth-order valence-electron chi connectivity index (χ4n) is 2.53. The van der Waals surface area contributed by atoms with Crippen molar-refractivity contribution in [3.63, 3.8) is 0 Å². The summed E-state index contributed by atoms with van der Waals surface area (Å²) >= 11 is 5.89. The Morgan fingerprint density at radius 1 is 1.15 bits per heavy atom. The summed E-state index contributed by atoms with van der Waals surface area (Å²) in [4.78, 5) is 24.2. The first-order chi connectivity index (χ1) is 13.1. The molecule has 138 valence electrons. The first kappa shape index (κ1) is 18.7. The molecule has 0 saturated heterocycles. The van der Waals surface area contributed by atoms with Gasteiger partial charge in [0, 0.05) is 28.8 Å². The highest BCUT2D eigenvalue weighted by molar-refractivity contribution is 6.30. The number of amides is 1. The molecule has 3 aromatic rings. The maximum absolute atomic E-state index is 12.1. The van der Waals surface area contributed by atoms with E-state index in [1.54, 1.807) is 37.4 Å². The highest BCUT2D eigenvalue weighted by Gasteiger charge is 2.07. The third-order valence-corrected chi connectivity index (χ3v) is 4.18. The van der Waals surface area contributed by atoms with E-state index in [1.165, 1.54) is 10.7 Å². The Morgan fingerprint density at radius 3 is 2.63 bits per heavy atom. The molecule has 0 saturated carbocycles. The summed E-state index contributed by atoms with van der Waals surface area (Å²) in [6.07, 6.45) is 0. The largest absolute Gasteiger partial charge is 0.497 e. The molecule has 27 heavy (non-hydrogen) atoms. The lowest BCUT2D eigenvalue weighted by molar-refractivity contribution is 0.0951. The number of benzene rings is 2. The second-order valence-electron chi connectivity index (χ2n) is 5.77. The number of methoxy groups -OCH3 is 1. The third kappa shape index (κ3) is 4.74. The summed E-state index contributed by atoms with van der Waals surface area (Å²) in [5, 5.41) is 7.63. The van der Waals surface area contributed by atoms with E-state index in [0.717, 1.165) is 11.3 Å². The fraction of sp³-hybridized carbons (Fsp3) is 0.150. The standard InChI is InChI=1S/C20H18ClN3O3/c1-27-17-7-5-14(6-8-17)18-9-10-19(25)24(23-18)12-11-22-20(26)15-3-2-4-16(21)13-15/h2-10,13H,11-12H2,1H3,(H,22,26). The van der Waals surface area contributed by atoms with Crippen molar-refractivity contribution in [2.45, 2.75) is 6.54 Å². The van der Waals surface area contributed by atoms with Crippen LogP contribution in [-0.2, 0) is 6.54 Å². The molecule has 1 heterocycles. The van der Waals surface area contributed by atoms with Crippen molar-refractivity contribution in [3.05, 3.63) is 81.6 Å². The summed E-state index contributed by atoms with van der Waals surface area (Å²) in [7, 11) is 1.60. The Hall–Kier alpha value is -3.12. The van der Waals surface area contributed by atoms with Crippen molar-refractivity contribution in [2.75, 3.05) is 13.7 Å². The molecule has 0 unspecified atom stereocenters. The van der Waals surface area contributed by atoms with Gasteiger partial charge in [-0.2, -0.15) is 5.10 Å². The molecule has 0 aliphatic carbocycles. The molecular formula is C20H18ClN3O3. The van der Waals surface area contributed by atoms with E-state index in [4.69, 9.17) is 16.3 Å². The zero-order chi connectivity index (χ0) is 19.2. The minimum absolute atomic E-state index is 0.232. The maximum atomic E-state index is 12.1. The number of aromatic nitrogens is 2. The molecule has 0 radical (unpaired) electrons. The number of halogens is 1. The number of nitrogens with one attached hydrogen (secondary N) is 1. The lowest BCUT2D eigenvalue weighted by atomic mass is 10.1. The van der Waals surface area contributed by atoms with E-state index in [9.17, 15) is 9.59 Å². The Balaban J connectivity index is 1.67. The first-order valence-corrected chi connectivity index (χ1v) is 8.71. The second kappa shape index (κ2) is 8.51. The van der Waals surface area contributed by atoms with E-state index in [1.807, 2.05) is 24.3 Å². The summed E-state index contributed by atoms with van der Waals surface area (Å²) < 4.78 is 6.47. The monoisotopic (exact) mass is 383 g/mol. The minimum atomic E-state index is -0.253. The number of carbonyl (C=O) groups excluding carboxylic acids is 1. The Kier molecular flexibility index (Phi) is 5.88. The van der Waals surface area contributed by atoms with Crippen LogP contribution in [0.4, 0.5) is 0 Å². The SMILES string of the molecule is COc1ccc(-c2ccc(=O)n(CCNC(=O)c3cccc(Cl)c3)n2)cc1. The van der Waals surface area contributed by atoms with Crippen molar-refractivity contribution >= 4 is 17.5 Å². The van der Waals surface area contributed by atoms with Crippen LogP contribution in [0.25, 0.3) is 11.3 Å². The zero-order valence-electron chi connectivity index (χ0n) is 14.7. The van der Waals surface area contributed by atoms with Crippen molar-refractivity contribution in [2.24, 2.45) is 0 Å². The van der Waals surface area contributed by atoms with Gasteiger partial charge < -0.3 is 10.1 Å². The normalized spacial score (nSPS) is 10.4. The van der Waals surface area contributed by atoms with Gasteiger partial charge in [-0.05, 0) is 48.5 Å². The van der Waals surface area contributed by atoms with Gasteiger partial charge in [0.05, 0.1) is 19.3 Å². The van der Waals surface area contributed by atoms with Crippen molar-refractivity contribution < 1.29 is 9.53 Å². The number of hydrogen-bond donors (Lipinski definition) is 1. The number of carbonyl (C=O) groups is 1. The first-order valence-electron chi connectivity index (χ1n) is 8.33. The van der Waals surface area contributed by atoms with Crippen LogP contribution < -0.4 is 15.6 Å². The highest BCUT2D eigenvalue weighted by atomic mass is 35.5. The lowest BCUT2D eigenvalue weighted by Gasteiger charge is -2.09. The highest BCUT2D eigenvalue weighted by Crippen LogP contribution is 2.19. The van der Waals surface area contributed by atoms with Gasteiger partial charge in [-0.15, -0.1) is 0 Å². The summed E-state index contributed by atoms with van der Waals surface area (Å²) in [6, 6.07) is 17.2. The van der Waals surface area contributed by atoms with Crippen LogP contribution >= 0.6 is 11.6 Å². The van der Waals surface area contributed by atoms with Gasteiger partial charge in [-0.3, -0.25) is 9.59 Å². The van der Waals surface area contributed by atoms with Crippen LogP contribution in [0.15, 0.2) is 65.5 Å². The number of ether oxygens (including phenoxy) is 1. The van der Waals surface area contributed by atoms with Gasteiger partial charge in [0.25, 0.3) is 11.5 Å². The van der Waals surface area contributed by atoms with Crippen LogP contribution in [0.1, 0.15) is 10.4 Å². The number of nitrogens with zero attached hydrogens (tertiary/aromatic N) is 2. The van der Waals surface area contributed by atoms with E-state index < -0.39 is 0 Å². The van der Waals surface area contributed by atoms with Gasteiger partial charge in [-0.1, -0.05) is 17.7 Å². The molecule has 0 atom stereocenters. The molecule has 7 heteroatoms. The lowest BCUT2D eigenvalue weighted by Crippen LogP contribution is -2.31. The maximum Gasteiger partial charge on any atom is 0.266 e. The van der Waals surface area contributed by atoms with Crippen LogP contribution in [0.3, 0.4) is 0 Å². The molecule has 1 N–H and O–H groups in total. The van der Waals surface area contributed by atoms with Crippen LogP contribution in [0.2, 0.25) is 5.02 Å². The van der Waals surface area contributed by atoms with Gasteiger partial charge in [0.2, 0.25) is 0 Å². The molecule has 0 aliphatic heterocycles. The molecule has 0 spiro atoms. The zero-order valence-corrected chi connectivity index (χ0v) is 15.4. The van der Waals surface area contributed by atoms with Crippen molar-refractivity contribution in [1.82, 2.24) is 15.1 Å². The topological polar surface area (TPSA) is 73.2 Å². The quantitative estimate of drug-likeness (QED) is 0.710. The van der Waals surface area contributed by atoms with Crippen LogP contribution in [0.5, 0.6) is 5.75 Å². The average molecular weight is 384 g/mol. The fourth-order valence-corrected chi connectivity index (χ4v) is 2.72. The van der Waals surface area contributed by atoms with Crippen molar-refractivity contribution in [1.29, 1.82) is 0 Å². The molecule has 3 rings (SSSR count). The molecular weight excluding hydrogens is 366 g/mol. The predicted molar refractivity (Wildman–Crippen MR) is 104 cm³/mol. The molecule has 2 aromatic carbocycles. The Bertz CT molecular complexity index is 1000. The van der Waals surface area contributed by atoms with Gasteiger partial charge >= 0.3 is 0 Å². The van der Waals surface area contributed by atoms with Crippen molar-refractivity contribution in [3.8, 4) is 17.0 Å². The van der Waals surface area contributed by atoms with Gasteiger partial charge in [-0.25, -0.2) is 4.68 Å². The molecule has 1 aromatic heterocycles. The Labute approximate surface area is 161 Å². The number of hydrogen-bond acceptors (Lipinski definition) is 4. The second-order valence-corrected chi connectivity index (χ2v) is 6.21. The van der Waals surface area contributed by atoms with E-state index in [2.05, 4.69) is 10.4 Å². The van der Waals surface area contributed by atoms with E-state index >= 15 is 0 Å². The van der Waals surface area contributed by atoms with E-state index in [0.29, 0.717) is 16.3 Å². The molecule has 0 aliphatic rings. The van der Waals surface area contributed by atoms with Crippen LogP contribution in [-0.4, -0.2) is 29.3 Å². The summed E-state index contributed by atoms with van der Waals surface area (Å²) in [5.41, 5.74) is 1.77. The number of rotatable bonds is 6. The molecule has 0 bridgehead atoms. The predicted octanol–water partition coefficient (Wildman–Crippen LogP) is 3.00. The average Bonchev–Trinajstić information content (AvgIpc) is 2.69. The molecule has 1 amide bonds. The molecule has 0 fully saturated rings. The van der Waals surface area contributed by atoms with E-state index in [-0.39, 0.29) is 24.6 Å². The Morgan fingerprint density at radius 2 is 1.93 bits per heavy atom. The van der Waals surface area contributed by atoms with Crippen LogP contribution in [0, 0.1) is 0 Å².